The van der Waals surface area contributed by atoms with Gasteiger partial charge < -0.3 is 62.7 Å². The molecule has 3 aliphatic heterocycles. The van der Waals surface area contributed by atoms with Crippen LogP contribution in [0, 0.1) is 40.5 Å². The molecule has 0 spiro atoms. The van der Waals surface area contributed by atoms with Gasteiger partial charge in [-0.25, -0.2) is 0 Å². The number of piperidine rings is 3. The molecule has 0 radical (unpaired) electrons. The van der Waals surface area contributed by atoms with E-state index in [2.05, 4.69) is 64.3 Å². The molecule has 15 rings (SSSR count). The van der Waals surface area contributed by atoms with Gasteiger partial charge in [0.15, 0.2) is 0 Å². The smallest absolute Gasteiger partial charge is 0.452 e. The number of nitrogens with one attached hydrogen (secondary N) is 3. The molecule has 0 saturated carbocycles. The molecule has 3 amide bonds. The monoisotopic (exact) mass is 1870 g/mol. The Labute approximate surface area is 729 Å². The van der Waals surface area contributed by atoms with E-state index in [9.17, 15) is 89.8 Å². The van der Waals surface area contributed by atoms with Crippen LogP contribution in [0.4, 0.5) is 65.9 Å². The summed E-state index contributed by atoms with van der Waals surface area (Å²) in [7, 11) is 8.55. The average molecular weight is 1870 g/mol. The van der Waals surface area contributed by atoms with Gasteiger partial charge in [-0.05, 0) is 192 Å². The number of hydrogen-bond donors (Lipinski definition) is 3. The third-order valence-electron chi connectivity index (χ3n) is 20.4. The number of nitrogens with zero attached hydrogens (tertiary/aromatic N) is 8. The van der Waals surface area contributed by atoms with E-state index in [1.165, 1.54) is 48.8 Å². The van der Waals surface area contributed by atoms with E-state index < -0.39 is 59.7 Å². The number of alkyl halides is 15. The Morgan fingerprint density at radius 2 is 0.627 bits per heavy atom. The van der Waals surface area contributed by atoms with Gasteiger partial charge in [0, 0.05) is 79.2 Å². The Morgan fingerprint density at radius 1 is 0.373 bits per heavy atom. The minimum Gasteiger partial charge on any atom is -0.496 e. The van der Waals surface area contributed by atoms with Crippen molar-refractivity contribution in [1.29, 1.82) is 0 Å². The zero-order valence-electron chi connectivity index (χ0n) is 68.5. The number of methoxy groups -OCH3 is 2. The number of para-hydroxylation sites is 2. The Bertz CT molecular complexity index is 5500. The van der Waals surface area contributed by atoms with Crippen LogP contribution >= 0.6 is 56.7 Å². The lowest BCUT2D eigenvalue weighted by atomic mass is 9.98. The number of likely N-dealkylation sites (tertiary alicyclic amines) is 3. The van der Waals surface area contributed by atoms with Crippen molar-refractivity contribution in [3.05, 3.63) is 201 Å². The molecule has 13 heterocycles. The fourth-order valence-corrected chi connectivity index (χ4v) is 19.0. The van der Waals surface area contributed by atoms with Gasteiger partial charge >= 0.3 is 30.9 Å². The number of aromatic nitrogens is 5. The van der Waals surface area contributed by atoms with E-state index in [0.717, 1.165) is 102 Å². The van der Waals surface area contributed by atoms with E-state index in [1.54, 1.807) is 119 Å². The third-order valence-corrected chi connectivity index (χ3v) is 25.8. The van der Waals surface area contributed by atoms with Crippen molar-refractivity contribution >= 4 is 86.0 Å². The van der Waals surface area contributed by atoms with Crippen LogP contribution in [-0.4, -0.2) is 163 Å². The summed E-state index contributed by atoms with van der Waals surface area (Å²) < 4.78 is 225. The summed E-state index contributed by atoms with van der Waals surface area (Å²) in [6.07, 6.45) is -17.0. The molecule has 126 heavy (non-hydrogen) atoms. The van der Waals surface area contributed by atoms with E-state index in [-0.39, 0.29) is 97.7 Å². The third kappa shape index (κ3) is 22.4. The highest BCUT2D eigenvalue weighted by Gasteiger charge is 2.45. The van der Waals surface area contributed by atoms with Gasteiger partial charge in [-0.3, -0.25) is 24.0 Å². The average Bonchev–Trinajstić information content (AvgIpc) is 1.66. The largest absolute Gasteiger partial charge is 0.496 e. The summed E-state index contributed by atoms with van der Waals surface area (Å²) in [5, 5.41) is 27.2. The maximum Gasteiger partial charge on any atom is 0.452 e. The molecule has 23 nitrogen and oxygen atoms in total. The van der Waals surface area contributed by atoms with Crippen LogP contribution in [0.25, 0.3) is 52.9 Å². The highest BCUT2D eigenvalue weighted by Crippen LogP contribution is 2.45. The van der Waals surface area contributed by atoms with Crippen LogP contribution in [-0.2, 0) is 30.9 Å². The second kappa shape index (κ2) is 40.4. The van der Waals surface area contributed by atoms with E-state index in [4.69, 9.17) is 9.47 Å². The Kier molecular flexibility index (Phi) is 30.7. The Balaban J connectivity index is 0.000000153. The quantitative estimate of drug-likeness (QED) is 0.0531. The zero-order chi connectivity index (χ0) is 91.7. The first-order valence-corrected chi connectivity index (χ1v) is 42.6. The molecule has 2 aromatic carbocycles. The first-order chi connectivity index (χ1) is 59.6. The molecule has 674 valence electrons. The summed E-state index contributed by atoms with van der Waals surface area (Å²) >= 11 is 5.51. The van der Waals surface area contributed by atoms with Gasteiger partial charge in [0.1, 0.15) is 40.0 Å². The van der Waals surface area contributed by atoms with Crippen LogP contribution in [0.3, 0.4) is 0 Å². The second-order valence-corrected chi connectivity index (χ2v) is 34.3. The van der Waals surface area contributed by atoms with Gasteiger partial charge in [0.2, 0.25) is 40.4 Å². The predicted molar refractivity (Wildman–Crippen MR) is 439 cm³/mol. The molecule has 3 aliphatic rings. The molecular formula is C83H80F15N11O12S5. The fraction of sp³-hybridized carbons (Fsp3) is 0.373. The molecule has 3 fully saturated rings. The number of halogens is 15. The molecule has 3 N–H and O–H groups in total. The lowest BCUT2D eigenvalue weighted by Gasteiger charge is -2.32. The summed E-state index contributed by atoms with van der Waals surface area (Å²) in [4.78, 5) is 73.2. The molecule has 3 atom stereocenters. The van der Waals surface area contributed by atoms with Gasteiger partial charge in [-0.1, -0.05) is 50.0 Å². The molecule has 10 aromatic heterocycles. The van der Waals surface area contributed by atoms with Crippen molar-refractivity contribution in [2.24, 2.45) is 5.92 Å². The van der Waals surface area contributed by atoms with Gasteiger partial charge in [-0.15, -0.1) is 56.7 Å². The number of carbonyl (C=O) groups is 5. The molecule has 0 aliphatic carbocycles. The Morgan fingerprint density at radius 3 is 0.881 bits per heavy atom. The van der Waals surface area contributed by atoms with Crippen LogP contribution in [0.2, 0.25) is 0 Å². The van der Waals surface area contributed by atoms with Crippen LogP contribution in [0.1, 0.15) is 155 Å². The molecule has 43 heteroatoms. The number of carbonyl (C=O) groups excluding carboxylic acids is 5. The minimum absolute atomic E-state index is 0.0644. The molecule has 12 aromatic rings. The SMILES string of the molecule is CNC[C@H]1CCCN(C(=O)c2ccc(-c3noc(C(F)(F)F)c3C)s2)C1.CN[C@@H]1CCCN(C(=O)c2ccc(-c3noc(C(F)(F)F)c3C)s2)C1.CN[C@H]1CCCN(C(=O)c2ccc(-c3noc(C(F)(F)F)c3C)s2)C1.COc1ccccc1C(=O)c1ccc(-c2noc(C(F)(F)F)c2C)s1.COc1ccccc1C(=O)c1ccc(-c2noc(C(F)(F)F)c2C)s1. The topological polar surface area (TPSA) is 280 Å². The molecule has 0 bridgehead atoms. The molecular weight excluding hydrogens is 1790 g/mol. The highest BCUT2D eigenvalue weighted by atomic mass is 32.1. The maximum absolute atomic E-state index is 12.9. The highest BCUT2D eigenvalue weighted by molar-refractivity contribution is 7.19. The number of benzene rings is 2. The van der Waals surface area contributed by atoms with E-state index >= 15 is 0 Å². The molecule has 0 unspecified atom stereocenters. The summed E-state index contributed by atoms with van der Waals surface area (Å²) in [6, 6.07) is 30.0. The van der Waals surface area contributed by atoms with E-state index in [1.807, 2.05) is 26.0 Å². The van der Waals surface area contributed by atoms with Crippen molar-refractivity contribution in [3.63, 3.8) is 0 Å². The summed E-state index contributed by atoms with van der Waals surface area (Å²) in [5.74, 6) is -5.11. The first kappa shape index (κ1) is 95.8. The Hall–Kier alpha value is -10.8. The predicted octanol–water partition coefficient (Wildman–Crippen LogP) is 20.9. The number of likely N-dealkylation sites (N-methyl/N-ethyl adjacent to an activating group) is 2. The fourth-order valence-electron chi connectivity index (χ4n) is 14.0. The summed E-state index contributed by atoms with van der Waals surface area (Å²) in [6.45, 7) is 11.4. The number of rotatable bonds is 18. The standard InChI is InChI=1S/C17H20F3N3O2S.2C17H12F3NO3S.2C16H18F3N3O2S/c1-10-14(22-25-15(10)17(18,19)20)12-5-6-13(26-12)16(24)23-7-3-4-11(9-23)8-21-2;2*1-9-14(21-24-16(9)17(18,19)20)12-7-8-13(25-12)15(22)10-5-3-4-6-11(10)23-2;2*1-9-13(21-24-14(9)16(17,18)19)11-5-6-12(25-11)15(23)22-7-3-4-10(8-22)20-2/h5-6,11,21H,3-4,7-9H2,1-2H3;2*3-8H,1-2H3;2*5-6,10,20H,3-4,7-8H2,1-2H3/t11-;;;2*10-/m1..10/s1. The van der Waals surface area contributed by atoms with Crippen LogP contribution < -0.4 is 25.4 Å². The zero-order valence-corrected chi connectivity index (χ0v) is 72.6. The van der Waals surface area contributed by atoms with Gasteiger partial charge in [0.25, 0.3) is 17.7 Å². The van der Waals surface area contributed by atoms with Crippen molar-refractivity contribution < 1.29 is 122 Å². The van der Waals surface area contributed by atoms with Crippen molar-refractivity contribution in [2.75, 3.05) is 81.2 Å². The van der Waals surface area contributed by atoms with E-state index in [0.29, 0.717) is 117 Å². The number of thiophene rings is 5. The van der Waals surface area contributed by atoms with Crippen LogP contribution in [0.15, 0.2) is 132 Å². The maximum atomic E-state index is 12.9. The lowest BCUT2D eigenvalue weighted by molar-refractivity contribution is -0.156. The number of amides is 3. The lowest BCUT2D eigenvalue weighted by Crippen LogP contribution is -2.46. The number of hydrogen-bond acceptors (Lipinski definition) is 25. The number of ketones is 2. The number of ether oxygens (including phenoxy) is 2. The second-order valence-electron chi connectivity index (χ2n) is 28.9. The summed E-state index contributed by atoms with van der Waals surface area (Å²) in [5.41, 5.74) is 0.898. The van der Waals surface area contributed by atoms with Crippen molar-refractivity contribution in [2.45, 2.75) is 116 Å². The minimum atomic E-state index is -4.61. The van der Waals surface area contributed by atoms with Crippen molar-refractivity contribution in [1.82, 2.24) is 56.4 Å². The van der Waals surface area contributed by atoms with Gasteiger partial charge in [-0.2, -0.15) is 65.9 Å². The molecule has 3 saturated heterocycles. The first-order valence-electron chi connectivity index (χ1n) is 38.5. The van der Waals surface area contributed by atoms with Gasteiger partial charge in [0.05, 0.1) is 74.1 Å². The van der Waals surface area contributed by atoms with Crippen LogP contribution in [0.5, 0.6) is 11.5 Å². The van der Waals surface area contributed by atoms with Crippen molar-refractivity contribution in [3.8, 4) is 64.4 Å². The normalized spacial score (nSPS) is 15.8.